The number of hydrogen-bond donors (Lipinski definition) is 0. The molecule has 1 aromatic rings. The molecule has 0 spiro atoms. The number of thioether (sulfide) groups is 1. The summed E-state index contributed by atoms with van der Waals surface area (Å²) in [5, 5.41) is 0.838. The van der Waals surface area contributed by atoms with E-state index in [1.807, 2.05) is 25.1 Å². The zero-order valence-electron chi connectivity index (χ0n) is 15.3. The van der Waals surface area contributed by atoms with Gasteiger partial charge in [-0.2, -0.15) is 4.99 Å². The van der Waals surface area contributed by atoms with Gasteiger partial charge in [0, 0.05) is 30.6 Å². The van der Waals surface area contributed by atoms with Crippen LogP contribution < -0.4 is 9.47 Å². The average Bonchev–Trinajstić information content (AvgIpc) is 3.18. The van der Waals surface area contributed by atoms with E-state index in [0.717, 1.165) is 41.7 Å². The Kier molecular flexibility index (Phi) is 4.94. The largest absolute Gasteiger partial charge is 0.493 e. The standard InChI is InChI=1S/C20H24N2O3S/c1-3-24-16-10-14-9-13(2)25-17(14)11-15(16)12-18-19(23)21-20(26-18)22-7-5-4-6-8-22/h10-13H,3-9H2,1-2H3/b18-12-/t13-/m0/s1. The Hall–Kier alpha value is -1.95. The van der Waals surface area contributed by atoms with Crippen molar-refractivity contribution in [3.8, 4) is 11.5 Å². The second kappa shape index (κ2) is 7.35. The molecular weight excluding hydrogens is 348 g/mol. The van der Waals surface area contributed by atoms with Crippen LogP contribution in [0.2, 0.25) is 0 Å². The number of carbonyl (C=O) groups is 1. The molecule has 1 saturated heterocycles. The third-order valence-corrected chi connectivity index (χ3v) is 5.90. The van der Waals surface area contributed by atoms with Gasteiger partial charge in [-0.15, -0.1) is 0 Å². The third-order valence-electron chi connectivity index (χ3n) is 4.85. The zero-order valence-corrected chi connectivity index (χ0v) is 16.1. The number of ether oxygens (including phenoxy) is 2. The Morgan fingerprint density at radius 1 is 1.35 bits per heavy atom. The highest BCUT2D eigenvalue weighted by Crippen LogP contribution is 2.38. The smallest absolute Gasteiger partial charge is 0.286 e. The number of rotatable bonds is 3. The molecule has 3 heterocycles. The van der Waals surface area contributed by atoms with Crippen molar-refractivity contribution >= 4 is 28.9 Å². The lowest BCUT2D eigenvalue weighted by Gasteiger charge is -2.27. The fourth-order valence-corrected chi connectivity index (χ4v) is 4.56. The normalized spacial score (nSPS) is 23.8. The van der Waals surface area contributed by atoms with Crippen LogP contribution in [0.15, 0.2) is 22.0 Å². The second-order valence-corrected chi connectivity index (χ2v) is 7.93. The van der Waals surface area contributed by atoms with Gasteiger partial charge < -0.3 is 14.4 Å². The highest BCUT2D eigenvalue weighted by Gasteiger charge is 2.28. The first-order chi connectivity index (χ1) is 12.6. The van der Waals surface area contributed by atoms with Crippen LogP contribution in [0.25, 0.3) is 6.08 Å². The number of nitrogens with zero attached hydrogens (tertiary/aromatic N) is 2. The van der Waals surface area contributed by atoms with Crippen molar-refractivity contribution in [1.29, 1.82) is 0 Å². The molecular formula is C20H24N2O3S. The fourth-order valence-electron chi connectivity index (χ4n) is 3.61. The first-order valence-corrected chi connectivity index (χ1v) is 10.2. The van der Waals surface area contributed by atoms with Crippen LogP contribution >= 0.6 is 11.8 Å². The maximum absolute atomic E-state index is 12.4. The van der Waals surface area contributed by atoms with Gasteiger partial charge in [0.2, 0.25) is 0 Å². The minimum atomic E-state index is -0.159. The molecule has 0 N–H and O–H groups in total. The Balaban J connectivity index is 1.60. The monoisotopic (exact) mass is 372 g/mol. The average molecular weight is 372 g/mol. The van der Waals surface area contributed by atoms with Crippen molar-refractivity contribution in [3.63, 3.8) is 0 Å². The van der Waals surface area contributed by atoms with Crippen molar-refractivity contribution in [2.45, 2.75) is 45.6 Å². The van der Waals surface area contributed by atoms with Crippen LogP contribution in [0, 0.1) is 0 Å². The minimum absolute atomic E-state index is 0.159. The zero-order chi connectivity index (χ0) is 18.1. The van der Waals surface area contributed by atoms with Gasteiger partial charge in [-0.25, -0.2) is 0 Å². The van der Waals surface area contributed by atoms with Gasteiger partial charge in [0.05, 0.1) is 11.5 Å². The van der Waals surface area contributed by atoms with E-state index in [4.69, 9.17) is 9.47 Å². The van der Waals surface area contributed by atoms with Crippen LogP contribution in [0.1, 0.15) is 44.2 Å². The Morgan fingerprint density at radius 3 is 2.92 bits per heavy atom. The Morgan fingerprint density at radius 2 is 2.15 bits per heavy atom. The summed E-state index contributed by atoms with van der Waals surface area (Å²) in [6, 6.07) is 4.04. The highest BCUT2D eigenvalue weighted by atomic mass is 32.2. The molecule has 0 unspecified atom stereocenters. The maximum Gasteiger partial charge on any atom is 0.286 e. The lowest BCUT2D eigenvalue weighted by atomic mass is 10.1. The summed E-state index contributed by atoms with van der Waals surface area (Å²) in [6.07, 6.45) is 6.56. The highest BCUT2D eigenvalue weighted by molar-refractivity contribution is 8.18. The Bertz CT molecular complexity index is 782. The van der Waals surface area contributed by atoms with Crippen LogP contribution in [-0.2, 0) is 11.2 Å². The van der Waals surface area contributed by atoms with E-state index in [1.165, 1.54) is 36.6 Å². The van der Waals surface area contributed by atoms with Gasteiger partial charge in [-0.3, -0.25) is 4.79 Å². The quantitative estimate of drug-likeness (QED) is 0.754. The number of fused-ring (bicyclic) bond motifs is 1. The molecule has 138 valence electrons. The van der Waals surface area contributed by atoms with Crippen LogP contribution in [-0.4, -0.2) is 41.8 Å². The maximum atomic E-state index is 12.4. The molecule has 3 aliphatic rings. The number of amides is 1. The van der Waals surface area contributed by atoms with E-state index in [1.54, 1.807) is 0 Å². The molecule has 26 heavy (non-hydrogen) atoms. The third kappa shape index (κ3) is 3.47. The summed E-state index contributed by atoms with van der Waals surface area (Å²) in [7, 11) is 0. The number of piperidine rings is 1. The number of aliphatic imine (C=N–C) groups is 1. The van der Waals surface area contributed by atoms with Gasteiger partial charge in [0.1, 0.15) is 17.6 Å². The molecule has 6 heteroatoms. The molecule has 5 nitrogen and oxygen atoms in total. The van der Waals surface area contributed by atoms with Gasteiger partial charge in [0.25, 0.3) is 5.91 Å². The molecule has 0 aliphatic carbocycles. The second-order valence-electron chi connectivity index (χ2n) is 6.92. The lowest BCUT2D eigenvalue weighted by molar-refractivity contribution is -0.113. The molecule has 3 aliphatic heterocycles. The molecule has 1 atom stereocenters. The summed E-state index contributed by atoms with van der Waals surface area (Å²) in [6.45, 7) is 6.59. The molecule has 1 amide bonds. The van der Waals surface area contributed by atoms with Gasteiger partial charge in [0.15, 0.2) is 5.17 Å². The molecule has 4 rings (SSSR count). The first-order valence-electron chi connectivity index (χ1n) is 9.38. The van der Waals surface area contributed by atoms with Crippen LogP contribution in [0.5, 0.6) is 11.5 Å². The van der Waals surface area contributed by atoms with E-state index in [2.05, 4.69) is 16.8 Å². The summed E-state index contributed by atoms with van der Waals surface area (Å²) in [5.41, 5.74) is 2.05. The molecule has 0 radical (unpaired) electrons. The van der Waals surface area contributed by atoms with Gasteiger partial charge in [-0.1, -0.05) is 0 Å². The van der Waals surface area contributed by atoms with Gasteiger partial charge >= 0.3 is 0 Å². The Labute approximate surface area is 158 Å². The number of benzene rings is 1. The summed E-state index contributed by atoms with van der Waals surface area (Å²) in [5.74, 6) is 1.53. The van der Waals surface area contributed by atoms with Crippen molar-refractivity contribution in [2.75, 3.05) is 19.7 Å². The van der Waals surface area contributed by atoms with Crippen molar-refractivity contribution < 1.29 is 14.3 Å². The molecule has 0 bridgehead atoms. The fraction of sp³-hybridized carbons (Fsp3) is 0.500. The molecule has 1 aromatic carbocycles. The summed E-state index contributed by atoms with van der Waals surface area (Å²) < 4.78 is 11.7. The predicted molar refractivity (Wildman–Crippen MR) is 105 cm³/mol. The number of carbonyl (C=O) groups excluding carboxylic acids is 1. The van der Waals surface area contributed by atoms with E-state index >= 15 is 0 Å². The predicted octanol–water partition coefficient (Wildman–Crippen LogP) is 3.86. The SMILES string of the molecule is CCOc1cc2c(cc1/C=C1\SC(N3CCCCC3)=NC1=O)O[C@@H](C)C2. The number of hydrogen-bond acceptors (Lipinski definition) is 5. The molecule has 0 aromatic heterocycles. The van der Waals surface area contributed by atoms with Gasteiger partial charge in [-0.05, 0) is 63.1 Å². The van der Waals surface area contributed by atoms with E-state index < -0.39 is 0 Å². The van der Waals surface area contributed by atoms with Crippen molar-refractivity contribution in [3.05, 3.63) is 28.2 Å². The van der Waals surface area contributed by atoms with Crippen molar-refractivity contribution in [2.24, 2.45) is 4.99 Å². The minimum Gasteiger partial charge on any atom is -0.493 e. The molecule has 0 saturated carbocycles. The van der Waals surface area contributed by atoms with E-state index in [-0.39, 0.29) is 12.0 Å². The first kappa shape index (κ1) is 17.5. The number of likely N-dealkylation sites (tertiary alicyclic amines) is 1. The molecule has 1 fully saturated rings. The lowest BCUT2D eigenvalue weighted by Crippen LogP contribution is -2.33. The topological polar surface area (TPSA) is 51.1 Å². The van der Waals surface area contributed by atoms with E-state index in [0.29, 0.717) is 11.5 Å². The summed E-state index contributed by atoms with van der Waals surface area (Å²) in [4.78, 5) is 19.6. The number of amidine groups is 1. The van der Waals surface area contributed by atoms with Crippen LogP contribution in [0.4, 0.5) is 0 Å². The van der Waals surface area contributed by atoms with Crippen molar-refractivity contribution in [1.82, 2.24) is 4.90 Å². The van der Waals surface area contributed by atoms with E-state index in [9.17, 15) is 4.79 Å². The van der Waals surface area contributed by atoms with Crippen LogP contribution in [0.3, 0.4) is 0 Å². The summed E-state index contributed by atoms with van der Waals surface area (Å²) >= 11 is 1.47.